The molecule has 1 aliphatic rings. The average molecular weight is 259 g/mol. The molecule has 98 valence electrons. The normalized spacial score (nSPS) is 25.7. The molecule has 0 radical (unpaired) electrons. The van der Waals surface area contributed by atoms with Crippen molar-refractivity contribution < 1.29 is 14.2 Å². The molecule has 1 aliphatic carbocycles. The van der Waals surface area contributed by atoms with Crippen molar-refractivity contribution in [3.63, 3.8) is 0 Å². The van der Waals surface area contributed by atoms with E-state index >= 15 is 0 Å². The van der Waals surface area contributed by atoms with E-state index in [2.05, 4.69) is 0 Å². The smallest absolute Gasteiger partial charge is 0.201 e. The van der Waals surface area contributed by atoms with Gasteiger partial charge >= 0.3 is 0 Å². The lowest BCUT2D eigenvalue weighted by molar-refractivity contribution is -0.660. The molecule has 1 aromatic carbocycles. The van der Waals surface area contributed by atoms with Gasteiger partial charge in [-0.3, -0.25) is 0 Å². The quantitative estimate of drug-likeness (QED) is 0.688. The van der Waals surface area contributed by atoms with Crippen molar-refractivity contribution in [3.8, 4) is 11.3 Å². The summed E-state index contributed by atoms with van der Waals surface area (Å²) in [5.74, 6) is 0. The summed E-state index contributed by atoms with van der Waals surface area (Å²) < 4.78 is 57.5. The third-order valence-electron chi connectivity index (χ3n) is 3.53. The summed E-state index contributed by atoms with van der Waals surface area (Å²) in [6.45, 7) is -0.340. The molecule has 0 N–H and O–H groups in total. The minimum absolute atomic E-state index is 0.136. The van der Waals surface area contributed by atoms with Crippen molar-refractivity contribution in [1.82, 2.24) is 0 Å². The van der Waals surface area contributed by atoms with E-state index in [-0.39, 0.29) is 18.4 Å². The van der Waals surface area contributed by atoms with E-state index in [1.807, 2.05) is 6.92 Å². The van der Waals surface area contributed by atoms with Crippen LogP contribution >= 0.6 is 0 Å². The summed E-state index contributed by atoms with van der Waals surface area (Å²) in [6, 6.07) is 6.66. The molecule has 0 saturated carbocycles. The standard InChI is InChI=1S/C18H22N/c1-13-8-9-17(14(2)10-13)18-11-15-6-4-5-7-16(15)12-19(18)3/h8-12H,4-7H2,1-3H3/q+1/i1D3,6D2,7D2. The second kappa shape index (κ2) is 4.80. The Bertz CT molecular complexity index is 869. The summed E-state index contributed by atoms with van der Waals surface area (Å²) in [4.78, 5) is 0. The maximum Gasteiger partial charge on any atom is 0.212 e. The van der Waals surface area contributed by atoms with Gasteiger partial charge in [0.15, 0.2) is 6.20 Å². The van der Waals surface area contributed by atoms with Crippen LogP contribution in [0, 0.1) is 13.8 Å². The van der Waals surface area contributed by atoms with Gasteiger partial charge in [0.1, 0.15) is 7.05 Å². The second-order valence-corrected chi connectivity index (χ2v) is 4.98. The van der Waals surface area contributed by atoms with E-state index in [0.717, 1.165) is 16.8 Å². The molecule has 0 aliphatic heterocycles. The molecule has 0 fully saturated rings. The van der Waals surface area contributed by atoms with Crippen LogP contribution in [0.25, 0.3) is 11.3 Å². The highest BCUT2D eigenvalue weighted by atomic mass is 14.9. The highest BCUT2D eigenvalue weighted by molar-refractivity contribution is 5.62. The lowest BCUT2D eigenvalue weighted by Gasteiger charge is -2.15. The maximum atomic E-state index is 8.30. The Hall–Kier alpha value is -1.63. The summed E-state index contributed by atoms with van der Waals surface area (Å²) in [5, 5.41) is 0. The maximum absolute atomic E-state index is 8.30. The van der Waals surface area contributed by atoms with Crippen molar-refractivity contribution in [2.24, 2.45) is 7.05 Å². The van der Waals surface area contributed by atoms with Gasteiger partial charge in [-0.2, -0.15) is 0 Å². The third kappa shape index (κ3) is 2.30. The monoisotopic (exact) mass is 259 g/mol. The molecule has 0 amide bonds. The van der Waals surface area contributed by atoms with Crippen molar-refractivity contribution in [1.29, 1.82) is 0 Å². The number of pyridine rings is 1. The molecule has 1 heteroatoms. The molecule has 3 rings (SSSR count). The van der Waals surface area contributed by atoms with E-state index in [0.29, 0.717) is 11.1 Å². The Kier molecular flexibility index (Phi) is 1.69. The first kappa shape index (κ1) is 6.69. The predicted molar refractivity (Wildman–Crippen MR) is 79.2 cm³/mol. The van der Waals surface area contributed by atoms with E-state index in [9.17, 15) is 0 Å². The van der Waals surface area contributed by atoms with Crippen molar-refractivity contribution in [2.45, 2.75) is 39.4 Å². The Morgan fingerprint density at radius 3 is 2.68 bits per heavy atom. The largest absolute Gasteiger partial charge is 0.212 e. The van der Waals surface area contributed by atoms with Crippen molar-refractivity contribution in [2.75, 3.05) is 0 Å². The number of benzene rings is 1. The fourth-order valence-corrected chi connectivity index (χ4v) is 2.55. The van der Waals surface area contributed by atoms with Gasteiger partial charge in [-0.1, -0.05) is 17.7 Å². The Balaban J connectivity index is 2.19. The lowest BCUT2D eigenvalue weighted by Crippen LogP contribution is -2.32. The van der Waals surface area contributed by atoms with Crippen LogP contribution in [0.3, 0.4) is 0 Å². The molecule has 19 heavy (non-hydrogen) atoms. The van der Waals surface area contributed by atoms with E-state index in [4.69, 9.17) is 9.60 Å². The van der Waals surface area contributed by atoms with E-state index in [1.165, 1.54) is 0 Å². The van der Waals surface area contributed by atoms with Crippen LogP contribution in [-0.4, -0.2) is 0 Å². The molecule has 2 aromatic rings. The lowest BCUT2D eigenvalue weighted by atomic mass is 9.91. The molecule has 0 bridgehead atoms. The number of nitrogens with zero attached hydrogens (tertiary/aromatic N) is 1. The minimum atomic E-state index is -2.17. The fourth-order valence-electron chi connectivity index (χ4n) is 2.55. The highest BCUT2D eigenvalue weighted by Crippen LogP contribution is 2.26. The minimum Gasteiger partial charge on any atom is -0.201 e. The van der Waals surface area contributed by atoms with Gasteiger partial charge in [0.2, 0.25) is 5.69 Å². The van der Waals surface area contributed by atoms with Crippen molar-refractivity contribution in [3.05, 3.63) is 52.7 Å². The van der Waals surface area contributed by atoms with Crippen LogP contribution < -0.4 is 4.57 Å². The molecule has 0 saturated heterocycles. The Morgan fingerprint density at radius 2 is 1.95 bits per heavy atom. The second-order valence-electron chi connectivity index (χ2n) is 4.98. The molecular formula is C18H22N+. The molecule has 1 heterocycles. The molecule has 0 atom stereocenters. The molecule has 1 aromatic heterocycles. The SMILES string of the molecule is [2H]C([2H])([2H])c1ccc(-c2cc3c(c[n+]2C)C([2H])([2H])CCC3([2H])[2H])c(C)c1. The van der Waals surface area contributed by atoms with E-state index < -0.39 is 19.6 Å². The first-order valence-corrected chi connectivity index (χ1v) is 6.49. The third-order valence-corrected chi connectivity index (χ3v) is 3.53. The summed E-state index contributed by atoms with van der Waals surface area (Å²) >= 11 is 0. The number of hydrogen-bond donors (Lipinski definition) is 0. The van der Waals surface area contributed by atoms with Gasteiger partial charge in [0.05, 0.1) is 0 Å². The van der Waals surface area contributed by atoms with Crippen LogP contribution in [0.1, 0.15) is 44.7 Å². The van der Waals surface area contributed by atoms with Crippen LogP contribution in [0.2, 0.25) is 0 Å². The van der Waals surface area contributed by atoms with Crippen LogP contribution in [0.5, 0.6) is 0 Å². The first-order chi connectivity index (χ1) is 11.8. The summed E-state index contributed by atoms with van der Waals surface area (Å²) in [7, 11) is 1.80. The topological polar surface area (TPSA) is 3.88 Å². The number of aryl methyl sites for hydroxylation is 5. The molecule has 1 nitrogen and oxygen atoms in total. The Labute approximate surface area is 125 Å². The number of aromatic nitrogens is 1. The van der Waals surface area contributed by atoms with Crippen molar-refractivity contribution >= 4 is 0 Å². The van der Waals surface area contributed by atoms with E-state index in [1.54, 1.807) is 42.1 Å². The summed E-state index contributed by atoms with van der Waals surface area (Å²) in [6.07, 6.45) is -1.19. The first-order valence-electron chi connectivity index (χ1n) is 9.99. The zero-order chi connectivity index (χ0) is 19.5. The summed E-state index contributed by atoms with van der Waals surface area (Å²) in [5.41, 5.74) is 3.36. The van der Waals surface area contributed by atoms with Gasteiger partial charge in [-0.15, -0.1) is 0 Å². The number of hydrogen-bond acceptors (Lipinski definition) is 0. The van der Waals surface area contributed by atoms with Gasteiger partial charge in [0.25, 0.3) is 0 Å². The van der Waals surface area contributed by atoms with Gasteiger partial charge < -0.3 is 0 Å². The average Bonchev–Trinajstić information content (AvgIpc) is 2.51. The van der Waals surface area contributed by atoms with Crippen LogP contribution in [0.15, 0.2) is 30.5 Å². The van der Waals surface area contributed by atoms with Gasteiger partial charge in [-0.25, -0.2) is 4.57 Å². The highest BCUT2D eigenvalue weighted by Gasteiger charge is 2.19. The number of fused-ring (bicyclic) bond motifs is 1. The zero-order valence-electron chi connectivity index (χ0n) is 18.2. The molecule has 0 spiro atoms. The Morgan fingerprint density at radius 1 is 1.16 bits per heavy atom. The molecular weight excluding hydrogens is 230 g/mol. The predicted octanol–water partition coefficient (Wildman–Crippen LogP) is 3.67. The fraction of sp³-hybridized carbons (Fsp3) is 0.389. The van der Waals surface area contributed by atoms with Gasteiger partial charge in [-0.05, 0) is 56.6 Å². The van der Waals surface area contributed by atoms with Crippen LogP contribution in [0.4, 0.5) is 0 Å². The van der Waals surface area contributed by atoms with Gasteiger partial charge in [0, 0.05) is 26.8 Å². The van der Waals surface area contributed by atoms with Crippen LogP contribution in [-0.2, 0) is 19.8 Å². The number of rotatable bonds is 1. The molecule has 0 unspecified atom stereocenters. The zero-order valence-corrected chi connectivity index (χ0v) is 11.2.